The summed E-state index contributed by atoms with van der Waals surface area (Å²) < 4.78 is 0. The number of carbonyl (C=O) groups excluding carboxylic acids is 2. The molecule has 1 unspecified atom stereocenters. The van der Waals surface area contributed by atoms with Crippen molar-refractivity contribution in [3.63, 3.8) is 0 Å². The number of nitrogens with two attached hydrogens (primary N) is 1. The second-order valence-corrected chi connectivity index (χ2v) is 6.62. The van der Waals surface area contributed by atoms with Crippen molar-refractivity contribution < 1.29 is 9.59 Å². The number of amides is 2. The fraction of sp³-hybridized carbons (Fsp3) is 0.556. The Kier molecular flexibility index (Phi) is 8.22. The van der Waals surface area contributed by atoms with Gasteiger partial charge < -0.3 is 16.0 Å². The summed E-state index contributed by atoms with van der Waals surface area (Å²) >= 11 is 0. The third kappa shape index (κ3) is 6.13. The molecule has 0 aliphatic carbocycles. The lowest BCUT2D eigenvalue weighted by Gasteiger charge is -2.30. The van der Waals surface area contributed by atoms with Crippen LogP contribution in [0.2, 0.25) is 0 Å². The summed E-state index contributed by atoms with van der Waals surface area (Å²) in [5.41, 5.74) is 7.03. The van der Waals surface area contributed by atoms with Gasteiger partial charge in [0.25, 0.3) is 5.91 Å². The highest BCUT2D eigenvalue weighted by Gasteiger charge is 2.21. The summed E-state index contributed by atoms with van der Waals surface area (Å²) in [4.78, 5) is 26.1. The van der Waals surface area contributed by atoms with Gasteiger partial charge in [0.05, 0.1) is 0 Å². The molecule has 1 heterocycles. The van der Waals surface area contributed by atoms with Crippen LogP contribution in [0.15, 0.2) is 24.3 Å². The highest BCUT2D eigenvalue weighted by Crippen LogP contribution is 2.19. The number of halogens is 1. The maximum atomic E-state index is 12.4. The molecule has 2 amide bonds. The van der Waals surface area contributed by atoms with Crippen LogP contribution in [-0.2, 0) is 4.79 Å². The van der Waals surface area contributed by atoms with E-state index in [1.54, 1.807) is 24.3 Å². The van der Waals surface area contributed by atoms with Crippen molar-refractivity contribution in [1.29, 1.82) is 0 Å². The minimum Gasteiger partial charge on any atom is -0.339 e. The number of benzene rings is 1. The highest BCUT2D eigenvalue weighted by atomic mass is 35.5. The number of carbonyl (C=O) groups is 2. The molecule has 1 aromatic rings. The molecule has 1 atom stereocenters. The van der Waals surface area contributed by atoms with Crippen LogP contribution in [0.5, 0.6) is 0 Å². The van der Waals surface area contributed by atoms with Gasteiger partial charge in [-0.1, -0.05) is 6.92 Å². The Morgan fingerprint density at radius 3 is 2.38 bits per heavy atom. The molecule has 0 bridgehead atoms. The third-order valence-electron chi connectivity index (χ3n) is 4.31. The minimum absolute atomic E-state index is 0. The minimum atomic E-state index is -0.0496. The van der Waals surface area contributed by atoms with E-state index in [4.69, 9.17) is 5.73 Å². The van der Waals surface area contributed by atoms with Crippen LogP contribution in [0.3, 0.4) is 0 Å². The van der Waals surface area contributed by atoms with E-state index in [1.165, 1.54) is 0 Å². The molecule has 0 saturated carbocycles. The second kappa shape index (κ2) is 9.64. The Morgan fingerprint density at radius 1 is 1.25 bits per heavy atom. The van der Waals surface area contributed by atoms with Gasteiger partial charge in [-0.2, -0.15) is 0 Å². The molecule has 1 fully saturated rings. The SMILES string of the molecule is CC(N)CCC(=O)Nc1ccc(C(=O)N2CCC(C)CC2)cc1.Cl. The monoisotopic (exact) mass is 353 g/mol. The molecule has 1 aromatic carbocycles. The largest absolute Gasteiger partial charge is 0.339 e. The maximum absolute atomic E-state index is 12.4. The molecule has 5 nitrogen and oxygen atoms in total. The molecule has 0 radical (unpaired) electrons. The van der Waals surface area contributed by atoms with E-state index in [1.807, 2.05) is 11.8 Å². The zero-order valence-corrected chi connectivity index (χ0v) is 15.3. The van der Waals surface area contributed by atoms with Crippen LogP contribution in [-0.4, -0.2) is 35.8 Å². The van der Waals surface area contributed by atoms with Crippen molar-refractivity contribution in [3.8, 4) is 0 Å². The number of anilines is 1. The van der Waals surface area contributed by atoms with Crippen LogP contribution in [0.1, 0.15) is 49.9 Å². The number of hydrogen-bond donors (Lipinski definition) is 2. The normalized spacial score (nSPS) is 16.2. The first-order chi connectivity index (χ1) is 11.0. The second-order valence-electron chi connectivity index (χ2n) is 6.62. The highest BCUT2D eigenvalue weighted by molar-refractivity contribution is 5.95. The Balaban J connectivity index is 0.00000288. The molecular formula is C18H28ClN3O2. The molecule has 134 valence electrons. The fourth-order valence-electron chi connectivity index (χ4n) is 2.67. The van der Waals surface area contributed by atoms with E-state index in [2.05, 4.69) is 12.2 Å². The number of nitrogens with one attached hydrogen (secondary N) is 1. The van der Waals surface area contributed by atoms with Crippen molar-refractivity contribution in [1.82, 2.24) is 4.90 Å². The van der Waals surface area contributed by atoms with Gasteiger partial charge in [0, 0.05) is 36.8 Å². The molecule has 0 spiro atoms. The van der Waals surface area contributed by atoms with Crippen molar-refractivity contribution in [2.24, 2.45) is 11.7 Å². The Hall–Kier alpha value is -1.59. The average Bonchev–Trinajstić information content (AvgIpc) is 2.54. The molecule has 1 saturated heterocycles. The molecule has 1 aliphatic rings. The van der Waals surface area contributed by atoms with Gasteiger partial charge in [-0.05, 0) is 56.4 Å². The molecule has 0 aromatic heterocycles. The Bertz CT molecular complexity index is 538. The first kappa shape index (κ1) is 20.5. The maximum Gasteiger partial charge on any atom is 0.253 e. The quantitative estimate of drug-likeness (QED) is 0.854. The van der Waals surface area contributed by atoms with Crippen LogP contribution in [0.4, 0.5) is 5.69 Å². The van der Waals surface area contributed by atoms with Gasteiger partial charge in [-0.3, -0.25) is 9.59 Å². The molecular weight excluding hydrogens is 326 g/mol. The lowest BCUT2D eigenvalue weighted by Crippen LogP contribution is -2.37. The summed E-state index contributed by atoms with van der Waals surface area (Å²) in [5.74, 6) is 0.728. The molecule has 24 heavy (non-hydrogen) atoms. The van der Waals surface area contributed by atoms with Crippen molar-refractivity contribution in [2.75, 3.05) is 18.4 Å². The Labute approximate surface area is 150 Å². The van der Waals surface area contributed by atoms with Gasteiger partial charge >= 0.3 is 0 Å². The first-order valence-corrected chi connectivity index (χ1v) is 8.40. The number of piperidine rings is 1. The van der Waals surface area contributed by atoms with E-state index >= 15 is 0 Å². The number of hydrogen-bond acceptors (Lipinski definition) is 3. The summed E-state index contributed by atoms with van der Waals surface area (Å²) in [6.45, 7) is 5.77. The lowest BCUT2D eigenvalue weighted by atomic mass is 9.98. The van der Waals surface area contributed by atoms with Crippen LogP contribution in [0.25, 0.3) is 0 Å². The topological polar surface area (TPSA) is 75.4 Å². The third-order valence-corrected chi connectivity index (χ3v) is 4.31. The standard InChI is InChI=1S/C18H27N3O2.ClH/c1-13-9-11-21(12-10-13)18(23)15-4-6-16(7-5-15)20-17(22)8-3-14(2)19;/h4-7,13-14H,3,8-12,19H2,1-2H3,(H,20,22);1H. The van der Waals surface area contributed by atoms with Crippen LogP contribution in [0, 0.1) is 5.92 Å². The predicted molar refractivity (Wildman–Crippen MR) is 99.5 cm³/mol. The summed E-state index contributed by atoms with van der Waals surface area (Å²) in [6.07, 6.45) is 3.21. The number of rotatable bonds is 5. The number of nitrogens with zero attached hydrogens (tertiary/aromatic N) is 1. The lowest BCUT2D eigenvalue weighted by molar-refractivity contribution is -0.116. The zero-order chi connectivity index (χ0) is 16.8. The molecule has 2 rings (SSSR count). The zero-order valence-electron chi connectivity index (χ0n) is 14.5. The summed E-state index contributed by atoms with van der Waals surface area (Å²) in [5, 5.41) is 2.83. The van der Waals surface area contributed by atoms with Crippen LogP contribution >= 0.6 is 12.4 Å². The van der Waals surface area contributed by atoms with E-state index in [0.717, 1.165) is 25.9 Å². The summed E-state index contributed by atoms with van der Waals surface area (Å²) in [7, 11) is 0. The van der Waals surface area contributed by atoms with Crippen molar-refractivity contribution in [2.45, 2.75) is 45.6 Å². The van der Waals surface area contributed by atoms with Gasteiger partial charge in [0.2, 0.25) is 5.91 Å². The van der Waals surface area contributed by atoms with Crippen molar-refractivity contribution in [3.05, 3.63) is 29.8 Å². The summed E-state index contributed by atoms with van der Waals surface area (Å²) in [6, 6.07) is 7.14. The fourth-order valence-corrected chi connectivity index (χ4v) is 2.67. The van der Waals surface area contributed by atoms with Gasteiger partial charge in [0.15, 0.2) is 0 Å². The smallest absolute Gasteiger partial charge is 0.253 e. The van der Waals surface area contributed by atoms with E-state index in [9.17, 15) is 9.59 Å². The van der Waals surface area contributed by atoms with Gasteiger partial charge in [-0.15, -0.1) is 12.4 Å². The van der Waals surface area contributed by atoms with E-state index in [0.29, 0.717) is 30.0 Å². The average molecular weight is 354 g/mol. The predicted octanol–water partition coefficient (Wildman–Crippen LogP) is 3.05. The van der Waals surface area contributed by atoms with Gasteiger partial charge in [-0.25, -0.2) is 0 Å². The molecule has 1 aliphatic heterocycles. The first-order valence-electron chi connectivity index (χ1n) is 8.40. The molecule has 3 N–H and O–H groups in total. The molecule has 6 heteroatoms. The number of likely N-dealkylation sites (tertiary alicyclic amines) is 1. The van der Waals surface area contributed by atoms with Gasteiger partial charge in [0.1, 0.15) is 0 Å². The van der Waals surface area contributed by atoms with Crippen LogP contribution < -0.4 is 11.1 Å². The van der Waals surface area contributed by atoms with Crippen molar-refractivity contribution >= 4 is 29.9 Å². The van der Waals surface area contributed by atoms with E-state index in [-0.39, 0.29) is 30.3 Å². The van der Waals surface area contributed by atoms with E-state index < -0.39 is 0 Å². The Morgan fingerprint density at radius 2 is 1.83 bits per heavy atom.